The van der Waals surface area contributed by atoms with Gasteiger partial charge in [-0.2, -0.15) is 0 Å². The van der Waals surface area contributed by atoms with Crippen LogP contribution in [0.2, 0.25) is 0 Å². The van der Waals surface area contributed by atoms with Crippen molar-refractivity contribution in [2.24, 2.45) is 0 Å². The maximum absolute atomic E-state index is 5.64. The second kappa shape index (κ2) is 4.91. The molecule has 0 bridgehead atoms. The van der Waals surface area contributed by atoms with Crippen molar-refractivity contribution in [1.29, 1.82) is 0 Å². The maximum atomic E-state index is 5.64. The van der Waals surface area contributed by atoms with Gasteiger partial charge in [0, 0.05) is 17.6 Å². The number of hydrogen-bond donors (Lipinski definition) is 1. The number of morpholine rings is 1. The first kappa shape index (κ1) is 10.1. The summed E-state index contributed by atoms with van der Waals surface area (Å²) in [4.78, 5) is 0. The van der Waals surface area contributed by atoms with Crippen LogP contribution in [0.15, 0.2) is 28.7 Å². The summed E-state index contributed by atoms with van der Waals surface area (Å²) in [5.41, 5.74) is 1.34. The van der Waals surface area contributed by atoms with Gasteiger partial charge >= 0.3 is 0 Å². The Labute approximate surface area is 92.8 Å². The Balaban J connectivity index is 1.92. The minimum Gasteiger partial charge on any atom is -0.375 e. The lowest BCUT2D eigenvalue weighted by atomic mass is 10.1. The van der Waals surface area contributed by atoms with E-state index in [1.54, 1.807) is 0 Å². The highest BCUT2D eigenvalue weighted by Crippen LogP contribution is 2.13. The summed E-state index contributed by atoms with van der Waals surface area (Å²) < 4.78 is 6.77. The Bertz CT molecular complexity index is 280. The molecule has 0 aromatic heterocycles. The Kier molecular flexibility index (Phi) is 3.56. The minimum absolute atomic E-state index is 0.338. The van der Waals surface area contributed by atoms with Crippen LogP contribution in [-0.4, -0.2) is 25.8 Å². The van der Waals surface area contributed by atoms with Crippen molar-refractivity contribution in [3.63, 3.8) is 0 Å². The lowest BCUT2D eigenvalue weighted by molar-refractivity contribution is 0.0292. The largest absolute Gasteiger partial charge is 0.375 e. The van der Waals surface area contributed by atoms with Crippen molar-refractivity contribution in [2.75, 3.05) is 19.7 Å². The molecule has 1 aromatic rings. The summed E-state index contributed by atoms with van der Waals surface area (Å²) >= 11 is 3.43. The van der Waals surface area contributed by atoms with Crippen molar-refractivity contribution < 1.29 is 4.74 Å². The van der Waals surface area contributed by atoms with Crippen LogP contribution in [0, 0.1) is 0 Å². The predicted molar refractivity (Wildman–Crippen MR) is 60.5 cm³/mol. The van der Waals surface area contributed by atoms with Gasteiger partial charge in [0.2, 0.25) is 0 Å². The molecule has 0 spiro atoms. The number of rotatable bonds is 2. The highest BCUT2D eigenvalue weighted by Gasteiger charge is 2.13. The quantitative estimate of drug-likeness (QED) is 0.873. The van der Waals surface area contributed by atoms with E-state index >= 15 is 0 Å². The number of benzene rings is 1. The second-order valence-electron chi connectivity index (χ2n) is 3.53. The molecule has 1 heterocycles. The fourth-order valence-corrected chi connectivity index (χ4v) is 1.90. The van der Waals surface area contributed by atoms with Gasteiger partial charge in [-0.25, -0.2) is 0 Å². The van der Waals surface area contributed by atoms with Gasteiger partial charge in [0.15, 0.2) is 0 Å². The molecule has 1 fully saturated rings. The molecule has 2 nitrogen and oxygen atoms in total. The zero-order chi connectivity index (χ0) is 9.80. The topological polar surface area (TPSA) is 21.3 Å². The molecule has 1 aliphatic rings. The van der Waals surface area contributed by atoms with Crippen LogP contribution in [0.4, 0.5) is 0 Å². The highest BCUT2D eigenvalue weighted by atomic mass is 79.9. The fourth-order valence-electron chi connectivity index (χ4n) is 1.63. The van der Waals surface area contributed by atoms with Crippen LogP contribution in [0.3, 0.4) is 0 Å². The molecule has 0 saturated carbocycles. The molecule has 0 radical (unpaired) electrons. The van der Waals surface area contributed by atoms with Gasteiger partial charge in [0.1, 0.15) is 0 Å². The molecule has 0 amide bonds. The van der Waals surface area contributed by atoms with Crippen molar-refractivity contribution in [3.8, 4) is 0 Å². The number of hydrogen-bond acceptors (Lipinski definition) is 2. The first-order valence-electron chi connectivity index (χ1n) is 4.91. The fraction of sp³-hybridized carbons (Fsp3) is 0.455. The smallest absolute Gasteiger partial charge is 0.0740 e. The lowest BCUT2D eigenvalue weighted by Crippen LogP contribution is -2.39. The number of halogens is 1. The molecule has 1 N–H and O–H groups in total. The van der Waals surface area contributed by atoms with Crippen LogP contribution in [-0.2, 0) is 11.2 Å². The summed E-state index contributed by atoms with van der Waals surface area (Å²) in [7, 11) is 0. The van der Waals surface area contributed by atoms with E-state index in [2.05, 4.69) is 45.5 Å². The highest BCUT2D eigenvalue weighted by molar-refractivity contribution is 9.10. The third kappa shape index (κ3) is 2.80. The van der Waals surface area contributed by atoms with Crippen molar-refractivity contribution in [3.05, 3.63) is 34.3 Å². The van der Waals surface area contributed by atoms with Gasteiger partial charge in [-0.1, -0.05) is 28.1 Å². The third-order valence-corrected chi connectivity index (χ3v) is 2.91. The van der Waals surface area contributed by atoms with Gasteiger partial charge in [0.05, 0.1) is 12.7 Å². The van der Waals surface area contributed by atoms with E-state index in [4.69, 9.17) is 4.74 Å². The number of nitrogens with one attached hydrogen (secondary N) is 1. The van der Waals surface area contributed by atoms with Gasteiger partial charge in [-0.3, -0.25) is 0 Å². The minimum atomic E-state index is 0.338. The molecule has 3 heteroatoms. The summed E-state index contributed by atoms with van der Waals surface area (Å²) in [6.45, 7) is 2.79. The molecule has 14 heavy (non-hydrogen) atoms. The molecule has 1 atom stereocenters. The lowest BCUT2D eigenvalue weighted by Gasteiger charge is -2.23. The Morgan fingerprint density at radius 3 is 2.79 bits per heavy atom. The average Bonchev–Trinajstić information content (AvgIpc) is 2.23. The second-order valence-corrected chi connectivity index (χ2v) is 4.44. The van der Waals surface area contributed by atoms with Gasteiger partial charge < -0.3 is 10.1 Å². The Morgan fingerprint density at radius 2 is 2.14 bits per heavy atom. The summed E-state index contributed by atoms with van der Waals surface area (Å²) in [5, 5.41) is 3.33. The Morgan fingerprint density at radius 1 is 1.36 bits per heavy atom. The van der Waals surface area contributed by atoms with E-state index in [1.165, 1.54) is 5.56 Å². The van der Waals surface area contributed by atoms with E-state index in [9.17, 15) is 0 Å². The predicted octanol–water partition coefficient (Wildman–Crippen LogP) is 1.98. The van der Waals surface area contributed by atoms with Gasteiger partial charge in [-0.05, 0) is 24.1 Å². The molecule has 0 aliphatic carbocycles. The maximum Gasteiger partial charge on any atom is 0.0740 e. The van der Waals surface area contributed by atoms with Crippen LogP contribution < -0.4 is 5.32 Å². The molecular formula is C11H14BrNO. The number of ether oxygens (including phenoxy) is 1. The van der Waals surface area contributed by atoms with Gasteiger partial charge in [0.25, 0.3) is 0 Å². The van der Waals surface area contributed by atoms with Gasteiger partial charge in [-0.15, -0.1) is 0 Å². The molecule has 76 valence electrons. The van der Waals surface area contributed by atoms with Crippen molar-refractivity contribution in [1.82, 2.24) is 5.32 Å². The van der Waals surface area contributed by atoms with Crippen molar-refractivity contribution >= 4 is 15.9 Å². The molecule has 1 aliphatic heterocycles. The summed E-state index contributed by atoms with van der Waals surface area (Å²) in [6.07, 6.45) is 1.34. The van der Waals surface area contributed by atoms with E-state index in [1.807, 2.05) is 0 Å². The zero-order valence-electron chi connectivity index (χ0n) is 8.00. The first-order chi connectivity index (χ1) is 6.84. The normalized spacial score (nSPS) is 22.2. The molecule has 2 rings (SSSR count). The Hall–Kier alpha value is -0.380. The van der Waals surface area contributed by atoms with E-state index in [-0.39, 0.29) is 0 Å². The van der Waals surface area contributed by atoms with E-state index in [0.29, 0.717) is 6.10 Å². The monoisotopic (exact) mass is 255 g/mol. The average molecular weight is 256 g/mol. The van der Waals surface area contributed by atoms with E-state index < -0.39 is 0 Å². The van der Waals surface area contributed by atoms with Crippen LogP contribution in [0.25, 0.3) is 0 Å². The molecule has 0 unspecified atom stereocenters. The first-order valence-corrected chi connectivity index (χ1v) is 5.70. The molecule has 1 saturated heterocycles. The summed E-state index contributed by atoms with van der Waals surface area (Å²) in [6, 6.07) is 8.43. The third-order valence-electron chi connectivity index (χ3n) is 2.38. The van der Waals surface area contributed by atoms with Crippen LogP contribution >= 0.6 is 15.9 Å². The summed E-state index contributed by atoms with van der Waals surface area (Å²) in [5.74, 6) is 0. The zero-order valence-corrected chi connectivity index (χ0v) is 9.59. The van der Waals surface area contributed by atoms with E-state index in [0.717, 1.165) is 30.6 Å². The van der Waals surface area contributed by atoms with Crippen LogP contribution in [0.1, 0.15) is 5.56 Å². The standard InChI is InChI=1S/C11H14BrNO/c12-10-3-1-9(2-4-10)7-11-8-13-5-6-14-11/h1-4,11,13H,5-8H2/t11-/m0/s1. The molecular weight excluding hydrogens is 242 g/mol. The van der Waals surface area contributed by atoms with Crippen molar-refractivity contribution in [2.45, 2.75) is 12.5 Å². The van der Waals surface area contributed by atoms with Crippen LogP contribution in [0.5, 0.6) is 0 Å². The molecule has 1 aromatic carbocycles. The SMILES string of the molecule is Brc1ccc(C[C@H]2CNCCO2)cc1.